The first-order valence-corrected chi connectivity index (χ1v) is 10.3. The minimum atomic E-state index is 0.239. The number of hydrogen-bond acceptors (Lipinski definition) is 7. The summed E-state index contributed by atoms with van der Waals surface area (Å²) < 4.78 is 6.26. The zero-order chi connectivity index (χ0) is 20.9. The Balaban J connectivity index is 1.67. The minimum absolute atomic E-state index is 0.239. The maximum absolute atomic E-state index is 6.26. The first-order valence-electron chi connectivity index (χ1n) is 10.3. The van der Waals surface area contributed by atoms with Gasteiger partial charge in [0, 0.05) is 33.0 Å². The van der Waals surface area contributed by atoms with Crippen LogP contribution in [0.5, 0.6) is 0 Å². The first kappa shape index (κ1) is 18.8. The number of aromatic nitrogens is 4. The van der Waals surface area contributed by atoms with Crippen molar-refractivity contribution < 1.29 is 4.42 Å². The second-order valence-electron chi connectivity index (χ2n) is 9.02. The molecule has 154 valence electrons. The molecule has 4 heterocycles. The summed E-state index contributed by atoms with van der Waals surface area (Å²) in [6, 6.07) is 3.95. The Bertz CT molecular complexity index is 1230. The molecule has 0 bridgehead atoms. The van der Waals surface area contributed by atoms with Gasteiger partial charge in [0.15, 0.2) is 11.4 Å². The predicted molar refractivity (Wildman–Crippen MR) is 119 cm³/mol. The molecule has 0 fully saturated rings. The van der Waals surface area contributed by atoms with Crippen molar-refractivity contribution in [2.45, 2.75) is 39.7 Å². The maximum atomic E-state index is 6.26. The molecule has 1 aliphatic rings. The lowest BCUT2D eigenvalue weighted by Crippen LogP contribution is -2.25. The fraction of sp³-hybridized carbons (Fsp3) is 0.391. The molecular weight excluding hydrogens is 376 g/mol. The van der Waals surface area contributed by atoms with Crippen LogP contribution in [0.1, 0.15) is 37.0 Å². The van der Waals surface area contributed by atoms with Crippen molar-refractivity contribution in [2.24, 2.45) is 5.41 Å². The minimum Gasteiger partial charge on any atom is -0.432 e. The zero-order valence-electron chi connectivity index (χ0n) is 17.9. The highest BCUT2D eigenvalue weighted by molar-refractivity contribution is 6.07. The van der Waals surface area contributed by atoms with E-state index in [1.165, 1.54) is 11.1 Å². The van der Waals surface area contributed by atoms with Crippen LogP contribution >= 0.6 is 0 Å². The molecule has 0 aliphatic heterocycles. The number of nitrogens with one attached hydrogen (secondary N) is 1. The Kier molecular flexibility index (Phi) is 4.34. The van der Waals surface area contributed by atoms with Crippen molar-refractivity contribution in [3.63, 3.8) is 0 Å². The second-order valence-corrected chi connectivity index (χ2v) is 9.02. The van der Waals surface area contributed by atoms with E-state index in [4.69, 9.17) is 9.40 Å². The smallest absolute Gasteiger partial charge is 0.231 e. The average Bonchev–Trinajstić information content (AvgIpc) is 3.11. The molecule has 5 rings (SSSR count). The number of furan rings is 1. The van der Waals surface area contributed by atoms with Crippen molar-refractivity contribution in [2.75, 3.05) is 24.3 Å². The number of nitrogens with zero attached hydrogens (tertiary/aromatic N) is 5. The van der Waals surface area contributed by atoms with Gasteiger partial charge in [-0.05, 0) is 47.4 Å². The maximum Gasteiger partial charge on any atom is 0.231 e. The number of rotatable bonds is 4. The third-order valence-electron chi connectivity index (χ3n) is 5.91. The van der Waals surface area contributed by atoms with Gasteiger partial charge >= 0.3 is 0 Å². The number of hydrogen-bond donors (Lipinski definition) is 1. The third-order valence-corrected chi connectivity index (χ3v) is 5.91. The van der Waals surface area contributed by atoms with Gasteiger partial charge in [-0.1, -0.05) is 19.9 Å². The van der Waals surface area contributed by atoms with E-state index < -0.39 is 0 Å². The predicted octanol–water partition coefficient (Wildman–Crippen LogP) is 4.36. The molecule has 0 radical (unpaired) electrons. The molecule has 0 saturated heterocycles. The molecule has 30 heavy (non-hydrogen) atoms. The number of anilines is 2. The Morgan fingerprint density at radius 3 is 2.83 bits per heavy atom. The lowest BCUT2D eigenvalue weighted by Gasteiger charge is -2.33. The van der Waals surface area contributed by atoms with Gasteiger partial charge in [0.05, 0.1) is 5.39 Å². The normalized spacial score (nSPS) is 15.3. The van der Waals surface area contributed by atoms with E-state index in [1.807, 2.05) is 32.4 Å². The van der Waals surface area contributed by atoms with E-state index in [0.29, 0.717) is 23.7 Å². The standard InChI is InChI=1S/C23H26N6O/c1-23(2)8-7-15-16(10-23)17-18-19(30-22(17)28-21(15)29(3)4)20(27-13-26-18)25-12-14-6-5-9-24-11-14/h5-6,9,11,13H,7-8,10,12H2,1-4H3,(H,25,26,27). The second kappa shape index (κ2) is 6.93. The average molecular weight is 403 g/mol. The van der Waals surface area contributed by atoms with E-state index in [1.54, 1.807) is 12.5 Å². The Labute approximate surface area is 175 Å². The topological polar surface area (TPSA) is 80.0 Å². The van der Waals surface area contributed by atoms with Gasteiger partial charge in [0.25, 0.3) is 0 Å². The van der Waals surface area contributed by atoms with Gasteiger partial charge in [-0.25, -0.2) is 9.97 Å². The van der Waals surface area contributed by atoms with Crippen molar-refractivity contribution >= 4 is 33.8 Å². The summed E-state index contributed by atoms with van der Waals surface area (Å²) in [5.41, 5.74) is 6.07. The lowest BCUT2D eigenvalue weighted by molar-refractivity contribution is 0.316. The zero-order valence-corrected chi connectivity index (χ0v) is 17.9. The van der Waals surface area contributed by atoms with Gasteiger partial charge < -0.3 is 14.6 Å². The SMILES string of the molecule is CN(C)c1nc2oc3c(NCc4cccnc4)ncnc3c2c2c1CCC(C)(C)C2. The van der Waals surface area contributed by atoms with Gasteiger partial charge in [-0.15, -0.1) is 0 Å². The van der Waals surface area contributed by atoms with Crippen LogP contribution in [0.15, 0.2) is 35.3 Å². The molecule has 0 aromatic carbocycles. The van der Waals surface area contributed by atoms with Gasteiger partial charge in [0.2, 0.25) is 5.71 Å². The van der Waals surface area contributed by atoms with Crippen LogP contribution in [-0.2, 0) is 19.4 Å². The van der Waals surface area contributed by atoms with Crippen LogP contribution in [0, 0.1) is 5.41 Å². The first-order chi connectivity index (χ1) is 14.4. The van der Waals surface area contributed by atoms with Gasteiger partial charge in [-0.2, -0.15) is 4.98 Å². The van der Waals surface area contributed by atoms with Crippen LogP contribution < -0.4 is 10.2 Å². The highest BCUT2D eigenvalue weighted by Gasteiger charge is 2.32. The fourth-order valence-corrected chi connectivity index (χ4v) is 4.37. The summed E-state index contributed by atoms with van der Waals surface area (Å²) in [6.45, 7) is 5.27. The lowest BCUT2D eigenvalue weighted by atomic mass is 9.73. The molecule has 7 heteroatoms. The molecule has 4 aromatic heterocycles. The summed E-state index contributed by atoms with van der Waals surface area (Å²) in [7, 11) is 4.08. The summed E-state index contributed by atoms with van der Waals surface area (Å²) in [6.07, 6.45) is 8.36. The molecule has 1 aliphatic carbocycles. The third kappa shape index (κ3) is 3.14. The summed E-state index contributed by atoms with van der Waals surface area (Å²) >= 11 is 0. The Hall–Kier alpha value is -3.22. The molecular formula is C23H26N6O. The van der Waals surface area contributed by atoms with Gasteiger partial charge in [-0.3, -0.25) is 4.98 Å². The van der Waals surface area contributed by atoms with Crippen LogP contribution in [0.4, 0.5) is 11.6 Å². The molecule has 4 aromatic rings. The summed E-state index contributed by atoms with van der Waals surface area (Å²) in [4.78, 5) is 20.2. The Morgan fingerprint density at radius 2 is 2.07 bits per heavy atom. The van der Waals surface area contributed by atoms with Crippen molar-refractivity contribution in [3.05, 3.63) is 47.5 Å². The Morgan fingerprint density at radius 1 is 1.20 bits per heavy atom. The molecule has 0 amide bonds. The molecule has 1 N–H and O–H groups in total. The van der Waals surface area contributed by atoms with Crippen molar-refractivity contribution in [1.82, 2.24) is 19.9 Å². The van der Waals surface area contributed by atoms with Crippen molar-refractivity contribution in [1.29, 1.82) is 0 Å². The van der Waals surface area contributed by atoms with Crippen LogP contribution in [0.2, 0.25) is 0 Å². The quantitative estimate of drug-likeness (QED) is 0.543. The van der Waals surface area contributed by atoms with Crippen LogP contribution in [0.3, 0.4) is 0 Å². The van der Waals surface area contributed by atoms with Crippen molar-refractivity contribution in [3.8, 4) is 0 Å². The number of pyridine rings is 2. The summed E-state index contributed by atoms with van der Waals surface area (Å²) in [5.74, 6) is 1.67. The largest absolute Gasteiger partial charge is 0.432 e. The van der Waals surface area contributed by atoms with Gasteiger partial charge in [0.1, 0.15) is 17.7 Å². The fourth-order valence-electron chi connectivity index (χ4n) is 4.37. The highest BCUT2D eigenvalue weighted by atomic mass is 16.3. The molecule has 0 atom stereocenters. The van der Waals surface area contributed by atoms with E-state index in [2.05, 4.69) is 39.0 Å². The van der Waals surface area contributed by atoms with Crippen LogP contribution in [-0.4, -0.2) is 34.0 Å². The highest BCUT2D eigenvalue weighted by Crippen LogP contribution is 2.44. The van der Waals surface area contributed by atoms with E-state index in [-0.39, 0.29) is 5.41 Å². The molecule has 0 spiro atoms. The monoisotopic (exact) mass is 402 g/mol. The molecule has 7 nitrogen and oxygen atoms in total. The van der Waals surface area contributed by atoms with E-state index in [0.717, 1.165) is 41.5 Å². The van der Waals surface area contributed by atoms with E-state index >= 15 is 0 Å². The molecule has 0 unspecified atom stereocenters. The molecule has 0 saturated carbocycles. The summed E-state index contributed by atoms with van der Waals surface area (Å²) in [5, 5.41) is 4.41. The number of fused-ring (bicyclic) bond motifs is 5. The van der Waals surface area contributed by atoms with E-state index in [9.17, 15) is 0 Å². The van der Waals surface area contributed by atoms with Crippen LogP contribution in [0.25, 0.3) is 22.2 Å².